The molecule has 0 heterocycles. The Morgan fingerprint density at radius 1 is 1.11 bits per heavy atom. The normalized spacial score (nSPS) is 10.9. The number of carbonyl (C=O) groups is 2. The molecule has 1 aromatic carbocycles. The molecule has 0 aliphatic carbocycles. The van der Waals surface area contributed by atoms with Gasteiger partial charge in [-0.3, -0.25) is 9.59 Å². The topological polar surface area (TPSA) is 67.4 Å². The largest absolute Gasteiger partial charge is 0.461 e. The minimum Gasteiger partial charge on any atom is -0.461 e. The van der Waals surface area contributed by atoms with Crippen molar-refractivity contribution in [2.45, 2.75) is 86.9 Å². The summed E-state index contributed by atoms with van der Waals surface area (Å²) >= 11 is 0. The summed E-state index contributed by atoms with van der Waals surface area (Å²) in [6.45, 7) is 17.8. The van der Waals surface area contributed by atoms with Gasteiger partial charge in [0.05, 0.1) is 0 Å². The van der Waals surface area contributed by atoms with E-state index in [1.54, 1.807) is 0 Å². The molecule has 0 bridgehead atoms. The molecule has 0 unspecified atom stereocenters. The van der Waals surface area contributed by atoms with Gasteiger partial charge in [-0.25, -0.2) is 0 Å². The van der Waals surface area contributed by atoms with E-state index in [0.717, 1.165) is 12.1 Å². The Balaban J connectivity index is 0.00000326. The highest BCUT2D eigenvalue weighted by Gasteiger charge is 2.24. The van der Waals surface area contributed by atoms with Gasteiger partial charge in [0.1, 0.15) is 6.61 Å². The molecule has 1 aromatic rings. The molecule has 1 rings (SSSR count). The zero-order valence-corrected chi connectivity index (χ0v) is 18.5. The predicted molar refractivity (Wildman–Crippen MR) is 113 cm³/mol. The van der Waals surface area contributed by atoms with Gasteiger partial charge in [-0.1, -0.05) is 33.8 Å². The Morgan fingerprint density at radius 3 is 2.19 bits per heavy atom. The van der Waals surface area contributed by atoms with Crippen molar-refractivity contribution in [1.82, 2.24) is 5.32 Å². The molecule has 0 spiro atoms. The molecule has 0 saturated heterocycles. The van der Waals surface area contributed by atoms with Crippen LogP contribution in [0.15, 0.2) is 18.2 Å². The van der Waals surface area contributed by atoms with Crippen molar-refractivity contribution in [3.05, 3.63) is 29.3 Å². The first-order chi connectivity index (χ1) is 12.5. The zero-order valence-electron chi connectivity index (χ0n) is 18.5. The average Bonchev–Trinajstić information content (AvgIpc) is 2.53. The molecule has 0 saturated carbocycles. The van der Waals surface area contributed by atoms with Crippen LogP contribution in [-0.2, 0) is 16.1 Å². The van der Waals surface area contributed by atoms with Crippen LogP contribution in [0.5, 0.6) is 0 Å². The molecule has 0 radical (unpaired) electrons. The number of rotatable bonds is 8. The van der Waals surface area contributed by atoms with Gasteiger partial charge in [0.15, 0.2) is 0 Å². The van der Waals surface area contributed by atoms with Crippen LogP contribution in [0.2, 0.25) is 0 Å². The number of carbonyl (C=O) groups excluding carboxylic acids is 2. The van der Waals surface area contributed by atoms with Crippen LogP contribution in [0, 0.1) is 5.92 Å². The number of ether oxygens (including phenoxy) is 1. The first-order valence-electron chi connectivity index (χ1n) is 9.85. The van der Waals surface area contributed by atoms with Gasteiger partial charge in [-0.05, 0) is 52.2 Å². The molecule has 1 amide bonds. The molecule has 0 aliphatic heterocycles. The van der Waals surface area contributed by atoms with Crippen LogP contribution >= 0.6 is 0 Å². The van der Waals surface area contributed by atoms with E-state index in [2.05, 4.69) is 24.5 Å². The lowest BCUT2D eigenvalue weighted by Gasteiger charge is -2.28. The molecule has 0 aromatic heterocycles. The van der Waals surface area contributed by atoms with Crippen LogP contribution in [0.1, 0.15) is 84.7 Å². The van der Waals surface area contributed by atoms with Crippen molar-refractivity contribution in [3.8, 4) is 0 Å². The van der Waals surface area contributed by atoms with E-state index >= 15 is 0 Å². The Bertz CT molecular complexity index is 608. The molecule has 5 nitrogen and oxygen atoms in total. The second-order valence-corrected chi connectivity index (χ2v) is 7.89. The fourth-order valence-electron chi connectivity index (χ4n) is 2.96. The number of benzene rings is 1. The Hall–Kier alpha value is -2.04. The van der Waals surface area contributed by atoms with E-state index in [1.165, 1.54) is 6.92 Å². The molecular formula is C22H38N2O3. The molecular weight excluding hydrogens is 340 g/mol. The summed E-state index contributed by atoms with van der Waals surface area (Å²) in [5.74, 6) is -0.0409. The number of nitrogens with one attached hydrogen (secondary N) is 2. The van der Waals surface area contributed by atoms with Gasteiger partial charge in [-0.15, -0.1) is 0 Å². The van der Waals surface area contributed by atoms with Gasteiger partial charge in [0.25, 0.3) is 5.91 Å². The highest BCUT2D eigenvalue weighted by molar-refractivity contribution is 5.97. The monoisotopic (exact) mass is 378 g/mol. The SMILES string of the molecule is CC.CC(=O)OCc1ccc(NC(C)C)cc1C(=O)NC(C)(C)CC(C)C. The molecule has 2 N–H and O–H groups in total. The molecule has 0 atom stereocenters. The summed E-state index contributed by atoms with van der Waals surface area (Å²) in [5.41, 5.74) is 1.78. The maximum absolute atomic E-state index is 12.9. The van der Waals surface area contributed by atoms with Crippen LogP contribution in [0.4, 0.5) is 5.69 Å². The van der Waals surface area contributed by atoms with E-state index < -0.39 is 0 Å². The van der Waals surface area contributed by atoms with Crippen molar-refractivity contribution in [2.75, 3.05) is 5.32 Å². The fourth-order valence-corrected chi connectivity index (χ4v) is 2.96. The van der Waals surface area contributed by atoms with E-state index in [4.69, 9.17) is 4.74 Å². The van der Waals surface area contributed by atoms with Gasteiger partial charge < -0.3 is 15.4 Å². The molecule has 27 heavy (non-hydrogen) atoms. The maximum atomic E-state index is 12.9. The maximum Gasteiger partial charge on any atom is 0.302 e. The predicted octanol–water partition coefficient (Wildman–Crippen LogP) is 5.15. The van der Waals surface area contributed by atoms with E-state index in [-0.39, 0.29) is 30.1 Å². The third-order valence-corrected chi connectivity index (χ3v) is 3.61. The van der Waals surface area contributed by atoms with Crippen LogP contribution in [0.25, 0.3) is 0 Å². The van der Waals surface area contributed by atoms with Crippen molar-refractivity contribution >= 4 is 17.6 Å². The highest BCUT2D eigenvalue weighted by Crippen LogP contribution is 2.21. The number of hydrogen-bond acceptors (Lipinski definition) is 4. The molecule has 154 valence electrons. The third-order valence-electron chi connectivity index (χ3n) is 3.61. The highest BCUT2D eigenvalue weighted by atomic mass is 16.5. The van der Waals surface area contributed by atoms with Gasteiger partial charge >= 0.3 is 5.97 Å². The number of hydrogen-bond donors (Lipinski definition) is 2. The van der Waals surface area contributed by atoms with Crippen LogP contribution in [0.3, 0.4) is 0 Å². The third kappa shape index (κ3) is 10.0. The smallest absolute Gasteiger partial charge is 0.302 e. The van der Waals surface area contributed by atoms with Crippen molar-refractivity contribution < 1.29 is 14.3 Å². The summed E-state index contributed by atoms with van der Waals surface area (Å²) < 4.78 is 5.10. The number of amides is 1. The summed E-state index contributed by atoms with van der Waals surface area (Å²) in [4.78, 5) is 24.0. The Labute approximate surface area is 165 Å². The van der Waals surface area contributed by atoms with Gasteiger partial charge in [0, 0.05) is 35.3 Å². The number of esters is 1. The van der Waals surface area contributed by atoms with Crippen LogP contribution < -0.4 is 10.6 Å². The first-order valence-corrected chi connectivity index (χ1v) is 9.85. The zero-order chi connectivity index (χ0) is 21.2. The minimum absolute atomic E-state index is 0.0880. The van der Waals surface area contributed by atoms with E-state index in [0.29, 0.717) is 17.0 Å². The molecule has 5 heteroatoms. The summed E-state index contributed by atoms with van der Waals surface area (Å²) in [7, 11) is 0. The molecule has 0 fully saturated rings. The summed E-state index contributed by atoms with van der Waals surface area (Å²) in [6, 6.07) is 5.81. The second kappa shape index (κ2) is 11.6. The lowest BCUT2D eigenvalue weighted by Crippen LogP contribution is -2.44. The van der Waals surface area contributed by atoms with E-state index in [1.807, 2.05) is 59.7 Å². The van der Waals surface area contributed by atoms with Crippen LogP contribution in [-0.4, -0.2) is 23.5 Å². The van der Waals surface area contributed by atoms with Crippen molar-refractivity contribution in [1.29, 1.82) is 0 Å². The standard InChI is InChI=1S/C20H32N2O3.C2H6/c1-13(2)11-20(6,7)22-19(24)18-10-17(21-14(3)4)9-8-16(18)12-25-15(5)23;1-2/h8-10,13-14,21H,11-12H2,1-7H3,(H,22,24);1-2H3. The Morgan fingerprint density at radius 2 is 1.70 bits per heavy atom. The average molecular weight is 379 g/mol. The fraction of sp³-hybridized carbons (Fsp3) is 0.636. The Kier molecular flexibility index (Phi) is 10.7. The first kappa shape index (κ1) is 25.0. The van der Waals surface area contributed by atoms with Gasteiger partial charge in [0.2, 0.25) is 0 Å². The number of anilines is 1. The molecule has 0 aliphatic rings. The quantitative estimate of drug-likeness (QED) is 0.614. The summed E-state index contributed by atoms with van der Waals surface area (Å²) in [5, 5.41) is 6.40. The second-order valence-electron chi connectivity index (χ2n) is 7.89. The minimum atomic E-state index is -0.365. The summed E-state index contributed by atoms with van der Waals surface area (Å²) in [6.07, 6.45) is 0.877. The van der Waals surface area contributed by atoms with Crippen molar-refractivity contribution in [2.24, 2.45) is 5.92 Å². The lowest BCUT2D eigenvalue weighted by atomic mass is 9.92. The van der Waals surface area contributed by atoms with Crippen molar-refractivity contribution in [3.63, 3.8) is 0 Å². The van der Waals surface area contributed by atoms with Gasteiger partial charge in [-0.2, -0.15) is 0 Å². The van der Waals surface area contributed by atoms with E-state index in [9.17, 15) is 9.59 Å². The lowest BCUT2D eigenvalue weighted by molar-refractivity contribution is -0.142.